The molecule has 1 atom stereocenters. The Balaban J connectivity index is 1.38. The molecule has 1 aliphatic heterocycles. The Bertz CT molecular complexity index is 1360. The number of nitrogens with one attached hydrogen (secondary N) is 1. The molecule has 0 radical (unpaired) electrons. The van der Waals surface area contributed by atoms with Crippen molar-refractivity contribution in [3.63, 3.8) is 0 Å². The van der Waals surface area contributed by atoms with Gasteiger partial charge in [-0.15, -0.1) is 0 Å². The highest BCUT2D eigenvalue weighted by atomic mass is 35.5. The zero-order valence-electron chi connectivity index (χ0n) is 19.4. The molecule has 4 aromatic rings. The Morgan fingerprint density at radius 3 is 2.75 bits per heavy atom. The van der Waals surface area contributed by atoms with Gasteiger partial charge in [-0.3, -0.25) is 9.78 Å². The number of amides is 1. The van der Waals surface area contributed by atoms with Gasteiger partial charge in [-0.25, -0.2) is 15.0 Å². The quantitative estimate of drug-likeness (QED) is 0.393. The van der Waals surface area contributed by atoms with Gasteiger partial charge in [-0.2, -0.15) is 0 Å². The van der Waals surface area contributed by atoms with E-state index in [9.17, 15) is 4.79 Å². The van der Waals surface area contributed by atoms with Crippen molar-refractivity contribution in [1.82, 2.24) is 24.8 Å². The molecule has 0 saturated carbocycles. The summed E-state index contributed by atoms with van der Waals surface area (Å²) in [5, 5.41) is 4.30. The van der Waals surface area contributed by atoms with Gasteiger partial charge in [0.05, 0.1) is 35.3 Å². The molecule has 184 valence electrons. The fourth-order valence-corrected chi connectivity index (χ4v) is 4.02. The number of hydrogen-bond acceptors (Lipinski definition) is 9. The number of nitrogens with zero attached hydrogens (tertiary/aromatic N) is 5. The molecule has 0 spiro atoms. The normalized spacial score (nSPS) is 14.3. The van der Waals surface area contributed by atoms with Gasteiger partial charge in [-0.1, -0.05) is 17.7 Å². The highest BCUT2D eigenvalue weighted by Gasteiger charge is 2.25. The third-order valence-electron chi connectivity index (χ3n) is 5.55. The van der Waals surface area contributed by atoms with Crippen LogP contribution in [0.2, 0.25) is 5.02 Å². The van der Waals surface area contributed by atoms with Crippen molar-refractivity contribution in [2.75, 3.05) is 31.6 Å². The van der Waals surface area contributed by atoms with Crippen LogP contribution in [0.4, 0.5) is 11.5 Å². The first kappa shape index (κ1) is 23.7. The number of benzene rings is 2. The number of aromatic nitrogens is 4. The summed E-state index contributed by atoms with van der Waals surface area (Å²) in [4.78, 5) is 31.5. The second-order valence-corrected chi connectivity index (χ2v) is 8.39. The molecule has 1 fully saturated rings. The molecule has 0 bridgehead atoms. The van der Waals surface area contributed by atoms with Crippen LogP contribution in [0.5, 0.6) is 17.4 Å². The summed E-state index contributed by atoms with van der Waals surface area (Å²) in [5.41, 5.74) is 1.35. The van der Waals surface area contributed by atoms with Crippen molar-refractivity contribution < 1.29 is 19.0 Å². The number of carbonyl (C=O) groups is 1. The molecular weight excluding hydrogens is 484 g/mol. The number of morpholine rings is 1. The predicted octanol–water partition coefficient (Wildman–Crippen LogP) is 4.24. The van der Waals surface area contributed by atoms with E-state index in [-0.39, 0.29) is 5.91 Å². The van der Waals surface area contributed by atoms with E-state index in [1.54, 1.807) is 42.3 Å². The lowest BCUT2D eigenvalue weighted by atomic mass is 10.2. The second kappa shape index (κ2) is 10.7. The van der Waals surface area contributed by atoms with Crippen LogP contribution >= 0.6 is 11.6 Å². The van der Waals surface area contributed by atoms with Gasteiger partial charge in [0.25, 0.3) is 5.91 Å². The summed E-state index contributed by atoms with van der Waals surface area (Å²) in [7, 11) is 0. The molecule has 5 rings (SSSR count). The molecule has 1 aliphatic rings. The van der Waals surface area contributed by atoms with E-state index in [4.69, 9.17) is 25.8 Å². The maximum atomic E-state index is 12.9. The summed E-state index contributed by atoms with van der Waals surface area (Å²) in [6.07, 6.45) is 5.37. The van der Waals surface area contributed by atoms with Crippen molar-refractivity contribution in [2.24, 2.45) is 0 Å². The number of halogens is 1. The number of fused-ring (bicyclic) bond motifs is 1. The van der Waals surface area contributed by atoms with Crippen LogP contribution in [0.3, 0.4) is 0 Å². The van der Waals surface area contributed by atoms with Crippen molar-refractivity contribution in [3.8, 4) is 17.4 Å². The first-order valence-electron chi connectivity index (χ1n) is 11.4. The van der Waals surface area contributed by atoms with Gasteiger partial charge >= 0.3 is 0 Å². The molecule has 2 aromatic carbocycles. The standard InChI is InChI=1S/C25H23ClN6O4/c1-16(25(33)32-9-11-34-12-10-32)35-21-4-2-3-19-23(21)24(30-15-29-19)31-17-5-6-20(18(26)13-17)36-22-14-27-7-8-28-22/h2-8,13-16H,9-12H2,1H3,(H,29,30,31). The minimum atomic E-state index is -0.686. The molecule has 11 heteroatoms. The predicted molar refractivity (Wildman–Crippen MR) is 134 cm³/mol. The van der Waals surface area contributed by atoms with Gasteiger partial charge in [-0.05, 0) is 37.3 Å². The summed E-state index contributed by atoms with van der Waals surface area (Å²) in [6, 6.07) is 10.7. The lowest BCUT2D eigenvalue weighted by Gasteiger charge is -2.29. The molecule has 36 heavy (non-hydrogen) atoms. The van der Waals surface area contributed by atoms with E-state index in [0.29, 0.717) is 71.1 Å². The largest absolute Gasteiger partial charge is 0.480 e. The van der Waals surface area contributed by atoms with Gasteiger partial charge in [0.15, 0.2) is 6.10 Å². The smallest absolute Gasteiger partial charge is 0.263 e. The topological polar surface area (TPSA) is 112 Å². The van der Waals surface area contributed by atoms with E-state index in [1.165, 1.54) is 18.7 Å². The van der Waals surface area contributed by atoms with Crippen molar-refractivity contribution in [1.29, 1.82) is 0 Å². The van der Waals surface area contributed by atoms with Crippen LogP contribution in [-0.4, -0.2) is 63.2 Å². The Morgan fingerprint density at radius 1 is 1.11 bits per heavy atom. The fraction of sp³-hybridized carbons (Fsp3) is 0.240. The molecule has 0 aliphatic carbocycles. The maximum Gasteiger partial charge on any atom is 0.263 e. The average Bonchev–Trinajstić information content (AvgIpc) is 2.91. The zero-order chi connectivity index (χ0) is 24.9. The SMILES string of the molecule is CC(Oc1cccc2ncnc(Nc3ccc(Oc4cnccn4)c(Cl)c3)c12)C(=O)N1CCOCC1. The minimum absolute atomic E-state index is 0.0906. The summed E-state index contributed by atoms with van der Waals surface area (Å²) < 4.78 is 17.2. The minimum Gasteiger partial charge on any atom is -0.480 e. The molecular formula is C25H23ClN6O4. The highest BCUT2D eigenvalue weighted by Crippen LogP contribution is 2.35. The van der Waals surface area contributed by atoms with E-state index < -0.39 is 6.10 Å². The van der Waals surface area contributed by atoms with Crippen LogP contribution in [0.25, 0.3) is 10.9 Å². The van der Waals surface area contributed by atoms with E-state index in [2.05, 4.69) is 25.3 Å². The van der Waals surface area contributed by atoms with Gasteiger partial charge in [0, 0.05) is 31.2 Å². The monoisotopic (exact) mass is 506 g/mol. The number of carbonyl (C=O) groups excluding carboxylic acids is 1. The van der Waals surface area contributed by atoms with Gasteiger partial charge in [0.2, 0.25) is 5.88 Å². The average molecular weight is 507 g/mol. The summed E-state index contributed by atoms with van der Waals surface area (Å²) in [6.45, 7) is 3.90. The first-order chi connectivity index (χ1) is 17.6. The Kier molecular flexibility index (Phi) is 7.06. The molecule has 2 aromatic heterocycles. The lowest BCUT2D eigenvalue weighted by Crippen LogP contribution is -2.46. The number of anilines is 2. The third-order valence-corrected chi connectivity index (χ3v) is 5.84. The van der Waals surface area contributed by atoms with E-state index in [1.807, 2.05) is 12.1 Å². The fourth-order valence-electron chi connectivity index (χ4n) is 3.80. The zero-order valence-corrected chi connectivity index (χ0v) is 20.2. The molecule has 10 nitrogen and oxygen atoms in total. The van der Waals surface area contributed by atoms with Crippen LogP contribution < -0.4 is 14.8 Å². The maximum absolute atomic E-state index is 12.9. The Labute approximate surface area is 212 Å². The summed E-state index contributed by atoms with van der Waals surface area (Å²) >= 11 is 6.45. The van der Waals surface area contributed by atoms with Crippen LogP contribution in [0.15, 0.2) is 61.3 Å². The van der Waals surface area contributed by atoms with Crippen LogP contribution in [-0.2, 0) is 9.53 Å². The van der Waals surface area contributed by atoms with E-state index >= 15 is 0 Å². The highest BCUT2D eigenvalue weighted by molar-refractivity contribution is 6.32. The molecule has 1 N–H and O–H groups in total. The molecule has 3 heterocycles. The van der Waals surface area contributed by atoms with Gasteiger partial charge < -0.3 is 24.4 Å². The molecule has 1 amide bonds. The van der Waals surface area contributed by atoms with Crippen molar-refractivity contribution in [2.45, 2.75) is 13.0 Å². The van der Waals surface area contributed by atoms with Crippen LogP contribution in [0, 0.1) is 0 Å². The van der Waals surface area contributed by atoms with Crippen molar-refractivity contribution in [3.05, 3.63) is 66.3 Å². The number of rotatable bonds is 7. The number of hydrogen-bond donors (Lipinski definition) is 1. The van der Waals surface area contributed by atoms with E-state index in [0.717, 1.165) is 0 Å². The van der Waals surface area contributed by atoms with Crippen LogP contribution in [0.1, 0.15) is 6.92 Å². The first-order valence-corrected chi connectivity index (χ1v) is 11.7. The third kappa shape index (κ3) is 5.29. The van der Waals surface area contributed by atoms with Gasteiger partial charge in [0.1, 0.15) is 23.6 Å². The number of ether oxygens (including phenoxy) is 3. The summed E-state index contributed by atoms with van der Waals surface area (Å²) in [5.74, 6) is 1.70. The Hall–Kier alpha value is -4.02. The molecule has 1 unspecified atom stereocenters. The Morgan fingerprint density at radius 2 is 1.97 bits per heavy atom. The van der Waals surface area contributed by atoms with Crippen molar-refractivity contribution >= 4 is 39.9 Å². The molecule has 1 saturated heterocycles. The lowest BCUT2D eigenvalue weighted by molar-refractivity contribution is -0.142. The second-order valence-electron chi connectivity index (χ2n) is 7.99.